The molecule has 2 heterocycles. The molecule has 0 radical (unpaired) electrons. The highest BCUT2D eigenvalue weighted by molar-refractivity contribution is 5.80. The standard InChI is InChI=1S/C16H21F2N3O/c1-19-16(21-14-9-10-5-6-15(14)22-10)20-8-7-11-12(17)3-2-4-13(11)18/h2-4,10,14-15H,5-9H2,1H3,(H2,19,20,21). The third-order valence-corrected chi connectivity index (χ3v) is 4.38. The third-order valence-electron chi connectivity index (χ3n) is 4.38. The number of nitrogens with zero attached hydrogens (tertiary/aromatic N) is 1. The van der Waals surface area contributed by atoms with Gasteiger partial charge in [0.05, 0.1) is 18.2 Å². The Balaban J connectivity index is 1.49. The molecule has 3 atom stereocenters. The van der Waals surface area contributed by atoms with Gasteiger partial charge in [-0.05, 0) is 37.8 Å². The Morgan fingerprint density at radius 3 is 2.68 bits per heavy atom. The Morgan fingerprint density at radius 2 is 2.09 bits per heavy atom. The smallest absolute Gasteiger partial charge is 0.191 e. The van der Waals surface area contributed by atoms with Crippen molar-refractivity contribution in [3.63, 3.8) is 0 Å². The molecule has 2 aliphatic heterocycles. The first-order valence-electron chi connectivity index (χ1n) is 7.73. The van der Waals surface area contributed by atoms with E-state index < -0.39 is 11.6 Å². The molecule has 2 aliphatic rings. The Bertz CT molecular complexity index is 544. The van der Waals surface area contributed by atoms with Gasteiger partial charge in [0.1, 0.15) is 11.6 Å². The second-order valence-electron chi connectivity index (χ2n) is 5.81. The first-order valence-corrected chi connectivity index (χ1v) is 7.73. The summed E-state index contributed by atoms with van der Waals surface area (Å²) >= 11 is 0. The molecule has 0 spiro atoms. The summed E-state index contributed by atoms with van der Waals surface area (Å²) in [7, 11) is 1.69. The normalized spacial score (nSPS) is 27.2. The maximum Gasteiger partial charge on any atom is 0.191 e. The maximum atomic E-state index is 13.6. The molecular formula is C16H21F2N3O. The van der Waals surface area contributed by atoms with E-state index in [1.807, 2.05) is 0 Å². The summed E-state index contributed by atoms with van der Waals surface area (Å²) in [5, 5.41) is 6.45. The van der Waals surface area contributed by atoms with E-state index in [1.165, 1.54) is 18.2 Å². The molecule has 3 unspecified atom stereocenters. The molecule has 2 bridgehead atoms. The number of fused-ring (bicyclic) bond motifs is 2. The lowest BCUT2D eigenvalue weighted by atomic mass is 9.96. The van der Waals surface area contributed by atoms with Gasteiger partial charge in [0.15, 0.2) is 5.96 Å². The number of hydrogen-bond acceptors (Lipinski definition) is 2. The molecule has 1 aromatic carbocycles. The largest absolute Gasteiger partial charge is 0.373 e. The molecule has 2 N–H and O–H groups in total. The van der Waals surface area contributed by atoms with Crippen molar-refractivity contribution in [2.45, 2.75) is 43.9 Å². The first-order chi connectivity index (χ1) is 10.7. The van der Waals surface area contributed by atoms with Crippen LogP contribution in [0.5, 0.6) is 0 Å². The highest BCUT2D eigenvalue weighted by Crippen LogP contribution is 2.34. The van der Waals surface area contributed by atoms with E-state index in [0.717, 1.165) is 19.3 Å². The summed E-state index contributed by atoms with van der Waals surface area (Å²) in [6.07, 6.45) is 4.11. The lowest BCUT2D eigenvalue weighted by Gasteiger charge is -2.22. The molecule has 2 fully saturated rings. The van der Waals surface area contributed by atoms with E-state index in [-0.39, 0.29) is 24.1 Å². The fourth-order valence-electron chi connectivity index (χ4n) is 3.24. The molecule has 0 amide bonds. The first kappa shape index (κ1) is 15.2. The monoisotopic (exact) mass is 309 g/mol. The zero-order chi connectivity index (χ0) is 15.5. The predicted octanol–water partition coefficient (Wildman–Crippen LogP) is 1.99. The molecule has 4 nitrogen and oxygen atoms in total. The number of guanidine groups is 1. The van der Waals surface area contributed by atoms with Gasteiger partial charge in [-0.3, -0.25) is 4.99 Å². The van der Waals surface area contributed by atoms with Crippen molar-refractivity contribution >= 4 is 5.96 Å². The predicted molar refractivity (Wildman–Crippen MR) is 80.9 cm³/mol. The number of ether oxygens (including phenoxy) is 1. The van der Waals surface area contributed by atoms with Gasteiger partial charge in [0.2, 0.25) is 0 Å². The fourth-order valence-corrected chi connectivity index (χ4v) is 3.24. The van der Waals surface area contributed by atoms with Crippen LogP contribution in [0.2, 0.25) is 0 Å². The Morgan fingerprint density at radius 1 is 1.32 bits per heavy atom. The third kappa shape index (κ3) is 3.21. The van der Waals surface area contributed by atoms with Gasteiger partial charge in [0, 0.05) is 19.2 Å². The van der Waals surface area contributed by atoms with Gasteiger partial charge >= 0.3 is 0 Å². The van der Waals surface area contributed by atoms with Crippen LogP contribution in [-0.4, -0.2) is 37.8 Å². The second-order valence-corrected chi connectivity index (χ2v) is 5.81. The molecule has 6 heteroatoms. The van der Waals surface area contributed by atoms with Gasteiger partial charge in [-0.2, -0.15) is 0 Å². The van der Waals surface area contributed by atoms with Crippen molar-refractivity contribution < 1.29 is 13.5 Å². The molecule has 2 saturated heterocycles. The van der Waals surface area contributed by atoms with Crippen LogP contribution >= 0.6 is 0 Å². The SMILES string of the molecule is CN=C(NCCc1c(F)cccc1F)NC1CC2CCC1O2. The summed E-state index contributed by atoms with van der Waals surface area (Å²) in [5.41, 5.74) is 0.105. The topological polar surface area (TPSA) is 45.7 Å². The summed E-state index contributed by atoms with van der Waals surface area (Å²) in [4.78, 5) is 4.16. The van der Waals surface area contributed by atoms with Gasteiger partial charge in [-0.15, -0.1) is 0 Å². The van der Waals surface area contributed by atoms with Crippen LogP contribution in [-0.2, 0) is 11.2 Å². The molecule has 120 valence electrons. The Kier molecular flexibility index (Phi) is 4.57. The fraction of sp³-hybridized carbons (Fsp3) is 0.562. The van der Waals surface area contributed by atoms with Crippen molar-refractivity contribution in [2.75, 3.05) is 13.6 Å². The van der Waals surface area contributed by atoms with Crippen LogP contribution < -0.4 is 10.6 Å². The molecule has 22 heavy (non-hydrogen) atoms. The summed E-state index contributed by atoms with van der Waals surface area (Å²) < 4.78 is 32.9. The molecule has 0 aromatic heterocycles. The van der Waals surface area contributed by atoms with E-state index in [0.29, 0.717) is 18.6 Å². The average Bonchev–Trinajstić information content (AvgIpc) is 3.11. The molecular weight excluding hydrogens is 288 g/mol. The minimum absolute atomic E-state index is 0.105. The van der Waals surface area contributed by atoms with Gasteiger partial charge in [0.25, 0.3) is 0 Å². The Hall–Kier alpha value is -1.69. The van der Waals surface area contributed by atoms with E-state index in [2.05, 4.69) is 15.6 Å². The number of hydrogen-bond donors (Lipinski definition) is 2. The lowest BCUT2D eigenvalue weighted by molar-refractivity contribution is 0.0992. The van der Waals surface area contributed by atoms with Crippen molar-refractivity contribution in [3.05, 3.63) is 35.4 Å². The summed E-state index contributed by atoms with van der Waals surface area (Å²) in [6, 6.07) is 4.20. The number of benzene rings is 1. The van der Waals surface area contributed by atoms with Crippen LogP contribution in [0.3, 0.4) is 0 Å². The zero-order valence-corrected chi connectivity index (χ0v) is 12.6. The quantitative estimate of drug-likeness (QED) is 0.660. The molecule has 3 rings (SSSR count). The van der Waals surface area contributed by atoms with Gasteiger partial charge in [-0.25, -0.2) is 8.78 Å². The highest BCUT2D eigenvalue weighted by atomic mass is 19.1. The number of rotatable bonds is 4. The van der Waals surface area contributed by atoms with Crippen LogP contribution in [0.15, 0.2) is 23.2 Å². The number of nitrogens with one attached hydrogen (secondary N) is 2. The molecule has 1 aromatic rings. The Labute approximate surface area is 129 Å². The van der Waals surface area contributed by atoms with Crippen LogP contribution in [0, 0.1) is 11.6 Å². The van der Waals surface area contributed by atoms with E-state index in [1.54, 1.807) is 7.05 Å². The molecule has 0 saturated carbocycles. The van der Waals surface area contributed by atoms with Crippen molar-refractivity contribution in [1.82, 2.24) is 10.6 Å². The number of halogens is 2. The highest BCUT2D eigenvalue weighted by Gasteiger charge is 2.41. The van der Waals surface area contributed by atoms with Crippen LogP contribution in [0.25, 0.3) is 0 Å². The number of aliphatic imine (C=N–C) groups is 1. The van der Waals surface area contributed by atoms with Gasteiger partial charge in [-0.1, -0.05) is 6.07 Å². The minimum atomic E-state index is -0.508. The van der Waals surface area contributed by atoms with Crippen molar-refractivity contribution in [1.29, 1.82) is 0 Å². The second kappa shape index (κ2) is 6.60. The molecule has 0 aliphatic carbocycles. The minimum Gasteiger partial charge on any atom is -0.373 e. The van der Waals surface area contributed by atoms with Crippen molar-refractivity contribution in [3.8, 4) is 0 Å². The maximum absolute atomic E-state index is 13.6. The van der Waals surface area contributed by atoms with Gasteiger partial charge < -0.3 is 15.4 Å². The van der Waals surface area contributed by atoms with E-state index in [9.17, 15) is 8.78 Å². The van der Waals surface area contributed by atoms with E-state index in [4.69, 9.17) is 4.74 Å². The average molecular weight is 309 g/mol. The summed E-state index contributed by atoms with van der Waals surface area (Å²) in [5.74, 6) is -0.365. The van der Waals surface area contributed by atoms with Crippen LogP contribution in [0.1, 0.15) is 24.8 Å². The van der Waals surface area contributed by atoms with Crippen LogP contribution in [0.4, 0.5) is 8.78 Å². The van der Waals surface area contributed by atoms with E-state index >= 15 is 0 Å². The zero-order valence-electron chi connectivity index (χ0n) is 12.6. The van der Waals surface area contributed by atoms with Crippen molar-refractivity contribution in [2.24, 2.45) is 4.99 Å². The summed E-state index contributed by atoms with van der Waals surface area (Å²) in [6.45, 7) is 0.416. The lowest BCUT2D eigenvalue weighted by Crippen LogP contribution is -2.47.